The predicted octanol–water partition coefficient (Wildman–Crippen LogP) is 2.21. The van der Waals surface area contributed by atoms with E-state index in [4.69, 9.17) is 0 Å². The van der Waals surface area contributed by atoms with E-state index in [1.165, 1.54) is 6.92 Å². The van der Waals surface area contributed by atoms with Crippen molar-refractivity contribution in [1.82, 2.24) is 0 Å². The van der Waals surface area contributed by atoms with Crippen molar-refractivity contribution in [2.75, 3.05) is 17.7 Å². The third-order valence-electron chi connectivity index (χ3n) is 2.49. The average molecular weight is 237 g/mol. The number of nitro groups is 1. The number of amides is 1. The van der Waals surface area contributed by atoms with E-state index in [9.17, 15) is 14.9 Å². The molecule has 0 aliphatic carbocycles. The van der Waals surface area contributed by atoms with Gasteiger partial charge >= 0.3 is 0 Å². The van der Waals surface area contributed by atoms with Crippen molar-refractivity contribution in [1.29, 1.82) is 0 Å². The zero-order chi connectivity index (χ0) is 13.2. The second-order valence-corrected chi connectivity index (χ2v) is 3.78. The van der Waals surface area contributed by atoms with Crippen LogP contribution in [0.4, 0.5) is 17.1 Å². The zero-order valence-electron chi connectivity index (χ0n) is 10.2. The number of nitrogens with one attached hydrogen (secondary N) is 2. The van der Waals surface area contributed by atoms with Crippen LogP contribution >= 0.6 is 0 Å². The first kappa shape index (κ1) is 13.0. The highest BCUT2D eigenvalue weighted by atomic mass is 16.6. The summed E-state index contributed by atoms with van der Waals surface area (Å²) in [5.74, 6) is -0.247. The summed E-state index contributed by atoms with van der Waals surface area (Å²) in [6, 6.07) is 1.65. The van der Waals surface area contributed by atoms with Crippen LogP contribution in [0.2, 0.25) is 0 Å². The monoisotopic (exact) mass is 237 g/mol. The lowest BCUT2D eigenvalue weighted by Gasteiger charge is -2.13. The van der Waals surface area contributed by atoms with Gasteiger partial charge in [0.05, 0.1) is 16.2 Å². The van der Waals surface area contributed by atoms with Crippen LogP contribution in [0.25, 0.3) is 0 Å². The molecule has 92 valence electrons. The molecule has 0 atom stereocenters. The third kappa shape index (κ3) is 2.52. The van der Waals surface area contributed by atoms with Crippen molar-refractivity contribution in [2.45, 2.75) is 20.8 Å². The van der Waals surface area contributed by atoms with E-state index < -0.39 is 4.92 Å². The lowest BCUT2D eigenvalue weighted by Crippen LogP contribution is -2.11. The van der Waals surface area contributed by atoms with Gasteiger partial charge in [-0.3, -0.25) is 14.9 Å². The number of hydrogen-bond acceptors (Lipinski definition) is 4. The molecule has 0 spiro atoms. The minimum absolute atomic E-state index is 0.0122. The van der Waals surface area contributed by atoms with Gasteiger partial charge in [0.1, 0.15) is 5.69 Å². The molecule has 0 heterocycles. The van der Waals surface area contributed by atoms with Gasteiger partial charge in [-0.05, 0) is 25.5 Å². The molecule has 1 amide bonds. The van der Waals surface area contributed by atoms with E-state index in [-0.39, 0.29) is 11.6 Å². The molecule has 0 aliphatic rings. The van der Waals surface area contributed by atoms with Crippen LogP contribution < -0.4 is 10.6 Å². The van der Waals surface area contributed by atoms with E-state index in [1.54, 1.807) is 27.0 Å². The fourth-order valence-electron chi connectivity index (χ4n) is 1.77. The van der Waals surface area contributed by atoms with Gasteiger partial charge in [-0.15, -0.1) is 0 Å². The second-order valence-electron chi connectivity index (χ2n) is 3.78. The first-order valence-electron chi connectivity index (χ1n) is 5.12. The van der Waals surface area contributed by atoms with Gasteiger partial charge in [0.2, 0.25) is 5.91 Å². The number of nitro benzene ring substituents is 1. The number of aryl methyl sites for hydroxylation is 1. The molecule has 1 rings (SSSR count). The molecule has 17 heavy (non-hydrogen) atoms. The van der Waals surface area contributed by atoms with Crippen LogP contribution in [0.1, 0.15) is 18.1 Å². The fourth-order valence-corrected chi connectivity index (χ4v) is 1.77. The maximum absolute atomic E-state index is 11.1. The van der Waals surface area contributed by atoms with Gasteiger partial charge in [-0.2, -0.15) is 0 Å². The Labute approximate surface area is 99.2 Å². The number of nitrogens with zero attached hydrogens (tertiary/aromatic N) is 1. The molecule has 0 bridgehead atoms. The van der Waals surface area contributed by atoms with Crippen molar-refractivity contribution in [2.24, 2.45) is 0 Å². The summed E-state index contributed by atoms with van der Waals surface area (Å²) >= 11 is 0. The molecule has 6 nitrogen and oxygen atoms in total. The second kappa shape index (κ2) is 4.82. The highest BCUT2D eigenvalue weighted by Crippen LogP contribution is 2.35. The Kier molecular flexibility index (Phi) is 3.67. The van der Waals surface area contributed by atoms with Gasteiger partial charge in [0.25, 0.3) is 5.69 Å². The Morgan fingerprint density at radius 2 is 2.00 bits per heavy atom. The van der Waals surface area contributed by atoms with Crippen molar-refractivity contribution < 1.29 is 9.72 Å². The molecule has 0 saturated heterocycles. The van der Waals surface area contributed by atoms with Crippen LogP contribution in [0.5, 0.6) is 0 Å². The van der Waals surface area contributed by atoms with Crippen molar-refractivity contribution in [3.63, 3.8) is 0 Å². The molecule has 0 aromatic heterocycles. The summed E-state index contributed by atoms with van der Waals surface area (Å²) in [5, 5.41) is 16.4. The summed E-state index contributed by atoms with van der Waals surface area (Å²) in [6.45, 7) is 4.79. The molecule has 6 heteroatoms. The maximum atomic E-state index is 11.1. The summed E-state index contributed by atoms with van der Waals surface area (Å²) in [7, 11) is 1.62. The first-order chi connectivity index (χ1) is 7.88. The Morgan fingerprint density at radius 1 is 1.41 bits per heavy atom. The van der Waals surface area contributed by atoms with Crippen LogP contribution in [-0.4, -0.2) is 17.9 Å². The molecular formula is C11H15N3O3. The highest BCUT2D eigenvalue weighted by Gasteiger charge is 2.21. The Bertz CT molecular complexity index is 483. The van der Waals surface area contributed by atoms with Crippen LogP contribution in [0.3, 0.4) is 0 Å². The minimum atomic E-state index is -0.452. The quantitative estimate of drug-likeness (QED) is 0.623. The van der Waals surface area contributed by atoms with E-state index in [0.29, 0.717) is 16.9 Å². The van der Waals surface area contributed by atoms with Crippen molar-refractivity contribution in [3.05, 3.63) is 27.3 Å². The van der Waals surface area contributed by atoms with Crippen LogP contribution in [0.15, 0.2) is 6.07 Å². The smallest absolute Gasteiger partial charge is 0.297 e. The van der Waals surface area contributed by atoms with Crippen LogP contribution in [-0.2, 0) is 4.79 Å². The molecule has 0 aliphatic heterocycles. The zero-order valence-corrected chi connectivity index (χ0v) is 10.2. The number of rotatable bonds is 3. The molecule has 2 N–H and O–H groups in total. The number of carbonyl (C=O) groups excluding carboxylic acids is 1. The Hall–Kier alpha value is -2.11. The van der Waals surface area contributed by atoms with Crippen molar-refractivity contribution in [3.8, 4) is 0 Å². The SMILES string of the molecule is CNc1cc(C)c(NC(C)=O)c(C)c1[N+](=O)[O-]. The van der Waals surface area contributed by atoms with E-state index in [1.807, 2.05) is 0 Å². The third-order valence-corrected chi connectivity index (χ3v) is 2.49. The number of hydrogen-bond donors (Lipinski definition) is 2. The molecule has 0 unspecified atom stereocenters. The maximum Gasteiger partial charge on any atom is 0.297 e. The first-order valence-corrected chi connectivity index (χ1v) is 5.12. The average Bonchev–Trinajstić information content (AvgIpc) is 2.22. The van der Waals surface area contributed by atoms with Crippen molar-refractivity contribution >= 4 is 23.0 Å². The van der Waals surface area contributed by atoms with Gasteiger partial charge in [0.15, 0.2) is 0 Å². The van der Waals surface area contributed by atoms with E-state index in [0.717, 1.165) is 5.56 Å². The van der Waals surface area contributed by atoms with Crippen LogP contribution in [0, 0.1) is 24.0 Å². The molecule has 0 fully saturated rings. The standard InChI is InChI=1S/C11H15N3O3/c1-6-5-9(12-4)11(14(16)17)7(2)10(6)13-8(3)15/h5,12H,1-4H3,(H,13,15). The van der Waals surface area contributed by atoms with Gasteiger partial charge < -0.3 is 10.6 Å². The Morgan fingerprint density at radius 3 is 2.41 bits per heavy atom. The van der Waals surface area contributed by atoms with E-state index in [2.05, 4.69) is 10.6 Å². The van der Waals surface area contributed by atoms with Gasteiger partial charge in [-0.1, -0.05) is 0 Å². The van der Waals surface area contributed by atoms with Gasteiger partial charge in [0, 0.05) is 14.0 Å². The number of carbonyl (C=O) groups is 1. The summed E-state index contributed by atoms with van der Waals surface area (Å²) in [6.07, 6.45) is 0. The predicted molar refractivity (Wildman–Crippen MR) is 66.4 cm³/mol. The minimum Gasteiger partial charge on any atom is -0.383 e. The molecule has 1 aromatic rings. The summed E-state index contributed by atoms with van der Waals surface area (Å²) < 4.78 is 0. The largest absolute Gasteiger partial charge is 0.383 e. The topological polar surface area (TPSA) is 84.3 Å². The van der Waals surface area contributed by atoms with Gasteiger partial charge in [-0.25, -0.2) is 0 Å². The molecule has 1 aromatic carbocycles. The Balaban J connectivity index is 3.48. The summed E-state index contributed by atoms with van der Waals surface area (Å²) in [5.41, 5.74) is 2.17. The molecule has 0 radical (unpaired) electrons. The lowest BCUT2D eigenvalue weighted by atomic mass is 10.0. The number of benzene rings is 1. The highest BCUT2D eigenvalue weighted by molar-refractivity contribution is 5.92. The van der Waals surface area contributed by atoms with E-state index >= 15 is 0 Å². The summed E-state index contributed by atoms with van der Waals surface area (Å²) in [4.78, 5) is 21.6. The number of anilines is 2. The molecule has 0 saturated carbocycles. The lowest BCUT2D eigenvalue weighted by molar-refractivity contribution is -0.384. The normalized spacial score (nSPS) is 9.88. The molecular weight excluding hydrogens is 222 g/mol. The fraction of sp³-hybridized carbons (Fsp3) is 0.364.